The number of rotatable bonds is 1. The van der Waals surface area contributed by atoms with Crippen molar-refractivity contribution in [1.29, 1.82) is 0 Å². The molecule has 3 aliphatic rings. The molecule has 5 heterocycles. The number of aromatic amines is 4. The van der Waals surface area contributed by atoms with Gasteiger partial charge in [-0.1, -0.05) is 29.8 Å². The number of benzene rings is 1. The Morgan fingerprint density at radius 3 is 2.60 bits per heavy atom. The molecule has 0 saturated heterocycles. The van der Waals surface area contributed by atoms with Gasteiger partial charge in [0.2, 0.25) is 0 Å². The van der Waals surface area contributed by atoms with Gasteiger partial charge in [0, 0.05) is 11.5 Å². The number of nitrogens with one attached hydrogen (secondary N) is 4. The Morgan fingerprint density at radius 2 is 1.77 bits per heavy atom. The van der Waals surface area contributed by atoms with E-state index in [-0.39, 0.29) is 5.82 Å². The minimum absolute atomic E-state index is 0.225. The minimum Gasteiger partial charge on any atom is -0.345 e. The van der Waals surface area contributed by atoms with Gasteiger partial charge in [0.25, 0.3) is 5.56 Å². The topological polar surface area (TPSA) is 148 Å². The van der Waals surface area contributed by atoms with Gasteiger partial charge in [-0.15, -0.1) is 0 Å². The van der Waals surface area contributed by atoms with Gasteiger partial charge in [0.15, 0.2) is 5.65 Å². The van der Waals surface area contributed by atoms with Gasteiger partial charge < -0.3 is 9.97 Å². The molecule has 30 heavy (non-hydrogen) atoms. The predicted octanol–water partition coefficient (Wildman–Crippen LogP) is 1.20. The average Bonchev–Trinajstić information content (AvgIpc) is 2.73. The summed E-state index contributed by atoms with van der Waals surface area (Å²) in [5.74, 6) is -0.250. The van der Waals surface area contributed by atoms with E-state index in [0.717, 1.165) is 27.9 Å². The third-order valence-electron chi connectivity index (χ3n) is 5.40. The van der Waals surface area contributed by atoms with Gasteiger partial charge in [-0.2, -0.15) is 0 Å². The highest BCUT2D eigenvalue weighted by Crippen LogP contribution is 2.40. The van der Waals surface area contributed by atoms with Crippen LogP contribution in [0.1, 0.15) is 28.2 Å². The number of pyridine rings is 1. The van der Waals surface area contributed by atoms with Gasteiger partial charge in [0.05, 0.1) is 23.1 Å². The van der Waals surface area contributed by atoms with Gasteiger partial charge in [0.1, 0.15) is 23.3 Å². The molecule has 10 heteroatoms. The number of H-pyrrole nitrogens is 4. The quantitative estimate of drug-likeness (QED) is 0.328. The first-order valence-corrected chi connectivity index (χ1v) is 9.28. The Hall–Kier alpha value is -4.34. The summed E-state index contributed by atoms with van der Waals surface area (Å²) in [6.45, 7) is 2.00. The molecule has 0 amide bonds. The van der Waals surface area contributed by atoms with Crippen LogP contribution in [0.15, 0.2) is 51.5 Å². The van der Waals surface area contributed by atoms with Crippen LogP contribution in [0.25, 0.3) is 22.6 Å². The number of fused-ring (bicyclic) bond motifs is 3. The summed E-state index contributed by atoms with van der Waals surface area (Å²) >= 11 is 0. The maximum absolute atomic E-state index is 12.9. The lowest BCUT2D eigenvalue weighted by Gasteiger charge is -2.26. The largest absolute Gasteiger partial charge is 0.345 e. The molecule has 6 rings (SSSR count). The molecule has 0 saturated carbocycles. The van der Waals surface area contributed by atoms with Crippen LogP contribution in [0.2, 0.25) is 0 Å². The number of hydrogen-bond donors (Lipinski definition) is 4. The summed E-state index contributed by atoms with van der Waals surface area (Å²) in [5.41, 5.74) is 5.08. The first-order chi connectivity index (χ1) is 14.6. The van der Waals surface area contributed by atoms with Crippen LogP contribution in [0, 0.1) is 6.92 Å². The fourth-order valence-corrected chi connectivity index (χ4v) is 4.10. The predicted molar refractivity (Wildman–Crippen MR) is 108 cm³/mol. The Balaban J connectivity index is 1.82. The van der Waals surface area contributed by atoms with Crippen LogP contribution in [-0.4, -0.2) is 34.9 Å². The Kier molecular flexibility index (Phi) is 3.23. The third kappa shape index (κ3) is 2.24. The lowest BCUT2D eigenvalue weighted by molar-refractivity contribution is 0.834. The highest BCUT2D eigenvalue weighted by molar-refractivity contribution is 5.89. The molecule has 0 aliphatic carbocycles. The van der Waals surface area contributed by atoms with Crippen LogP contribution >= 0.6 is 0 Å². The van der Waals surface area contributed by atoms with Crippen molar-refractivity contribution in [3.05, 3.63) is 85.5 Å². The van der Waals surface area contributed by atoms with Gasteiger partial charge in [-0.3, -0.25) is 14.8 Å². The van der Waals surface area contributed by atoms with Crippen molar-refractivity contribution in [3.8, 4) is 11.3 Å². The fraction of sp³-hybridized carbons (Fsp3) is 0.100. The SMILES string of the molecule is Cc1ccc(C2c3c([nH]c(=O)[nH]c3=O)N=c3[nH]c4ncnc5nc[nH]c(c32)-c54)cc1. The summed E-state index contributed by atoms with van der Waals surface area (Å²) < 4.78 is 0. The molecule has 10 nitrogen and oxygen atoms in total. The molecule has 3 aliphatic heterocycles. The zero-order valence-corrected chi connectivity index (χ0v) is 15.6. The van der Waals surface area contributed by atoms with E-state index in [1.807, 2.05) is 31.2 Å². The van der Waals surface area contributed by atoms with E-state index in [1.54, 1.807) is 6.33 Å². The zero-order valence-electron chi connectivity index (χ0n) is 15.6. The van der Waals surface area contributed by atoms with Crippen molar-refractivity contribution in [2.24, 2.45) is 4.99 Å². The minimum atomic E-state index is -0.606. The Bertz CT molecular complexity index is 1600. The Labute approximate surface area is 167 Å². The normalized spacial score (nSPS) is 15.0. The third-order valence-corrected chi connectivity index (χ3v) is 5.40. The van der Waals surface area contributed by atoms with E-state index in [9.17, 15) is 9.59 Å². The maximum atomic E-state index is 12.9. The second-order valence-electron chi connectivity index (χ2n) is 7.21. The van der Waals surface area contributed by atoms with Gasteiger partial charge >= 0.3 is 5.69 Å². The molecule has 4 N–H and O–H groups in total. The number of aryl methyl sites for hydroxylation is 1. The van der Waals surface area contributed by atoms with E-state index in [0.29, 0.717) is 22.3 Å². The summed E-state index contributed by atoms with van der Waals surface area (Å²) in [7, 11) is 0. The van der Waals surface area contributed by atoms with Crippen molar-refractivity contribution in [3.63, 3.8) is 0 Å². The second-order valence-corrected chi connectivity index (χ2v) is 7.21. The molecule has 0 radical (unpaired) electrons. The van der Waals surface area contributed by atoms with E-state index in [4.69, 9.17) is 0 Å². The highest BCUT2D eigenvalue weighted by Gasteiger charge is 2.33. The Morgan fingerprint density at radius 1 is 0.933 bits per heavy atom. The standard InChI is InChI=1S/C20H14N8O2/c1-8-2-4-9(5-3-8)10-11-14-13-15(22-6-21-14)23-7-24-16(13)25-17(11)26-18-12(10)19(29)28-20(30)27-18/h2-7,10H,1H3,(H4,21,22,23,24,25,26,27,28,29,30). The van der Waals surface area contributed by atoms with Crippen LogP contribution < -0.4 is 16.7 Å². The van der Waals surface area contributed by atoms with E-state index >= 15 is 0 Å². The van der Waals surface area contributed by atoms with Crippen LogP contribution in [0.4, 0.5) is 5.82 Å². The molecule has 0 spiro atoms. The van der Waals surface area contributed by atoms with Crippen LogP contribution in [0.3, 0.4) is 0 Å². The monoisotopic (exact) mass is 398 g/mol. The zero-order chi connectivity index (χ0) is 20.4. The summed E-state index contributed by atoms with van der Waals surface area (Å²) in [6, 6.07) is 7.92. The van der Waals surface area contributed by atoms with Crippen molar-refractivity contribution in [2.75, 3.05) is 0 Å². The van der Waals surface area contributed by atoms with Crippen molar-refractivity contribution < 1.29 is 0 Å². The molecule has 0 fully saturated rings. The first kappa shape index (κ1) is 16.6. The van der Waals surface area contributed by atoms with E-state index in [1.165, 1.54) is 6.33 Å². The van der Waals surface area contributed by atoms with Crippen molar-refractivity contribution in [2.45, 2.75) is 12.8 Å². The molecule has 0 bridgehead atoms. The first-order valence-electron chi connectivity index (χ1n) is 9.28. The maximum Gasteiger partial charge on any atom is 0.327 e. The van der Waals surface area contributed by atoms with Crippen LogP contribution in [0.5, 0.6) is 0 Å². The van der Waals surface area contributed by atoms with Crippen molar-refractivity contribution in [1.82, 2.24) is 34.9 Å². The molecular formula is C20H14N8O2. The molecule has 1 atom stereocenters. The molecule has 1 aromatic carbocycles. The lowest BCUT2D eigenvalue weighted by Crippen LogP contribution is -2.34. The summed E-state index contributed by atoms with van der Waals surface area (Å²) in [6.07, 6.45) is 2.98. The molecule has 1 unspecified atom stereocenters. The number of nitrogens with zero attached hydrogens (tertiary/aromatic N) is 4. The highest BCUT2D eigenvalue weighted by atomic mass is 16.2. The molecule has 3 aromatic rings. The van der Waals surface area contributed by atoms with E-state index < -0.39 is 17.2 Å². The molecule has 146 valence electrons. The van der Waals surface area contributed by atoms with Gasteiger partial charge in [-0.05, 0) is 12.5 Å². The lowest BCUT2D eigenvalue weighted by atomic mass is 9.82. The van der Waals surface area contributed by atoms with Crippen LogP contribution in [-0.2, 0) is 0 Å². The van der Waals surface area contributed by atoms with Crippen molar-refractivity contribution >= 4 is 17.1 Å². The molecular weight excluding hydrogens is 384 g/mol. The number of hydrogen-bond acceptors (Lipinski definition) is 6. The fourth-order valence-electron chi connectivity index (χ4n) is 4.10. The van der Waals surface area contributed by atoms with Gasteiger partial charge in [-0.25, -0.2) is 24.7 Å². The average molecular weight is 398 g/mol. The summed E-state index contributed by atoms with van der Waals surface area (Å²) in [5, 5.41) is 0. The second kappa shape index (κ2) is 5.83. The number of aromatic nitrogens is 7. The van der Waals surface area contributed by atoms with E-state index in [2.05, 4.69) is 39.9 Å². The summed E-state index contributed by atoms with van der Waals surface area (Å²) in [4.78, 5) is 53.6. The smallest absolute Gasteiger partial charge is 0.327 e. The molecule has 2 aromatic heterocycles.